The number of fused-ring (bicyclic) bond motifs is 4. The summed E-state index contributed by atoms with van der Waals surface area (Å²) in [5, 5.41) is 4.95. The summed E-state index contributed by atoms with van der Waals surface area (Å²) in [5.41, 5.74) is 3.01. The Bertz CT molecular complexity index is 1110. The third-order valence-electron chi connectivity index (χ3n) is 7.07. The molecule has 3 amide bonds. The van der Waals surface area contributed by atoms with E-state index in [9.17, 15) is 14.4 Å². The molecule has 3 heterocycles. The highest BCUT2D eigenvalue weighted by atomic mass is 16.2. The number of rotatable bonds is 2. The molecule has 154 valence electrons. The molecule has 2 saturated heterocycles. The maximum Gasteiger partial charge on any atom is 0.291 e. The number of amides is 3. The number of nitrogens with two attached hydrogens (primary N) is 1. The van der Waals surface area contributed by atoms with Gasteiger partial charge in [0, 0.05) is 11.5 Å². The number of imide groups is 1. The minimum absolute atomic E-state index is 0.133. The van der Waals surface area contributed by atoms with Gasteiger partial charge in [-0.2, -0.15) is 0 Å². The molecular weight excluding hydrogens is 378 g/mol. The van der Waals surface area contributed by atoms with E-state index in [1.54, 1.807) is 0 Å². The van der Waals surface area contributed by atoms with Crippen LogP contribution >= 0.6 is 0 Å². The number of quaternary nitrogens is 1. The van der Waals surface area contributed by atoms with Gasteiger partial charge in [-0.3, -0.25) is 14.4 Å². The van der Waals surface area contributed by atoms with E-state index in [2.05, 4.69) is 5.32 Å². The fourth-order valence-electron chi connectivity index (χ4n) is 5.74. The SMILES string of the molecule is Cc1ccc(N2C(=O)[C@@H]3[C@@H](C(C)C)[NH2+][C@@]4(C(=O)Nc5ccccc54)[C@@H]3C2=O)c(C)c1. The lowest BCUT2D eigenvalue weighted by atomic mass is 9.76. The van der Waals surface area contributed by atoms with Crippen LogP contribution in [0.3, 0.4) is 0 Å². The zero-order valence-electron chi connectivity index (χ0n) is 17.6. The van der Waals surface area contributed by atoms with Gasteiger partial charge in [0.2, 0.25) is 17.4 Å². The molecule has 0 aromatic heterocycles. The lowest BCUT2D eigenvalue weighted by molar-refractivity contribution is -0.738. The van der Waals surface area contributed by atoms with Gasteiger partial charge in [0.15, 0.2) is 0 Å². The molecule has 3 aliphatic rings. The number of para-hydroxylation sites is 1. The lowest BCUT2D eigenvalue weighted by Gasteiger charge is -2.27. The Morgan fingerprint density at radius 3 is 2.47 bits per heavy atom. The molecule has 0 radical (unpaired) electrons. The first kappa shape index (κ1) is 19.0. The third-order valence-corrected chi connectivity index (χ3v) is 7.07. The highest BCUT2D eigenvalue weighted by Crippen LogP contribution is 2.50. The summed E-state index contributed by atoms with van der Waals surface area (Å²) in [5.74, 6) is -1.79. The van der Waals surface area contributed by atoms with Gasteiger partial charge in [-0.25, -0.2) is 4.90 Å². The molecule has 2 aromatic rings. The fraction of sp³-hybridized carbons (Fsp3) is 0.375. The predicted molar refractivity (Wildman–Crippen MR) is 113 cm³/mol. The van der Waals surface area contributed by atoms with Crippen LogP contribution in [0.25, 0.3) is 0 Å². The molecule has 4 atom stereocenters. The van der Waals surface area contributed by atoms with Crippen molar-refractivity contribution in [2.75, 3.05) is 10.2 Å². The standard InChI is InChI=1S/C24H25N3O3/c1-12(2)20-18-19(24(26-20)15-7-5-6-8-16(15)25-23(24)30)22(29)27(21(18)28)17-10-9-13(3)11-14(17)4/h5-12,18-20,26H,1-4H3,(H,25,30)/p+1/t18-,19-,20+,24+/m0/s1. The Hall–Kier alpha value is -2.99. The number of aryl methyl sites for hydroxylation is 2. The Labute approximate surface area is 175 Å². The van der Waals surface area contributed by atoms with Gasteiger partial charge >= 0.3 is 0 Å². The monoisotopic (exact) mass is 404 g/mol. The summed E-state index contributed by atoms with van der Waals surface area (Å²) in [6.45, 7) is 8.00. The average Bonchev–Trinajstić information content (AvgIpc) is 3.28. The number of nitrogens with one attached hydrogen (secondary N) is 1. The molecule has 2 aromatic carbocycles. The Kier molecular flexibility index (Phi) is 3.96. The van der Waals surface area contributed by atoms with Gasteiger partial charge in [0.05, 0.1) is 11.4 Å². The van der Waals surface area contributed by atoms with E-state index in [1.807, 2.05) is 75.5 Å². The van der Waals surface area contributed by atoms with Gasteiger partial charge in [-0.1, -0.05) is 49.7 Å². The zero-order valence-corrected chi connectivity index (χ0v) is 17.6. The molecule has 0 unspecified atom stereocenters. The molecular formula is C24H26N3O3+. The summed E-state index contributed by atoms with van der Waals surface area (Å²) < 4.78 is 0. The van der Waals surface area contributed by atoms with Crippen LogP contribution in [-0.2, 0) is 19.9 Å². The summed E-state index contributed by atoms with van der Waals surface area (Å²) in [6.07, 6.45) is 0. The average molecular weight is 404 g/mol. The number of nitrogens with zero attached hydrogens (tertiary/aromatic N) is 1. The Balaban J connectivity index is 1.70. The quantitative estimate of drug-likeness (QED) is 0.750. The molecule has 5 rings (SSSR count). The van der Waals surface area contributed by atoms with Crippen molar-refractivity contribution in [3.05, 3.63) is 59.2 Å². The number of benzene rings is 2. The Morgan fingerprint density at radius 1 is 1.03 bits per heavy atom. The minimum Gasteiger partial charge on any atom is -0.326 e. The summed E-state index contributed by atoms with van der Waals surface area (Å²) in [4.78, 5) is 42.2. The molecule has 6 heteroatoms. The van der Waals surface area contributed by atoms with Crippen molar-refractivity contribution in [1.29, 1.82) is 0 Å². The normalized spacial score (nSPS) is 29.7. The largest absolute Gasteiger partial charge is 0.326 e. The summed E-state index contributed by atoms with van der Waals surface area (Å²) >= 11 is 0. The first-order valence-electron chi connectivity index (χ1n) is 10.5. The van der Waals surface area contributed by atoms with Crippen molar-refractivity contribution >= 4 is 29.1 Å². The van der Waals surface area contributed by atoms with Crippen LogP contribution in [0.5, 0.6) is 0 Å². The van der Waals surface area contributed by atoms with E-state index < -0.39 is 17.4 Å². The van der Waals surface area contributed by atoms with Gasteiger partial charge in [-0.05, 0) is 31.5 Å². The maximum absolute atomic E-state index is 13.8. The van der Waals surface area contributed by atoms with Gasteiger partial charge in [0.1, 0.15) is 17.9 Å². The van der Waals surface area contributed by atoms with Crippen LogP contribution in [0.2, 0.25) is 0 Å². The zero-order chi connectivity index (χ0) is 21.4. The number of carbonyl (C=O) groups excluding carboxylic acids is 3. The maximum atomic E-state index is 13.8. The van der Waals surface area contributed by atoms with Crippen LogP contribution in [-0.4, -0.2) is 23.8 Å². The smallest absolute Gasteiger partial charge is 0.291 e. The highest BCUT2D eigenvalue weighted by Gasteiger charge is 2.74. The van der Waals surface area contributed by atoms with Crippen molar-refractivity contribution < 1.29 is 19.7 Å². The molecule has 0 aliphatic carbocycles. The summed E-state index contributed by atoms with van der Waals surface area (Å²) in [6, 6.07) is 13.1. The lowest BCUT2D eigenvalue weighted by Crippen LogP contribution is -2.99. The van der Waals surface area contributed by atoms with Crippen LogP contribution in [0, 0.1) is 31.6 Å². The number of hydrogen-bond donors (Lipinski definition) is 2. The second kappa shape index (κ2) is 6.25. The summed E-state index contributed by atoms with van der Waals surface area (Å²) in [7, 11) is 0. The van der Waals surface area contributed by atoms with Crippen LogP contribution in [0.1, 0.15) is 30.5 Å². The first-order valence-corrected chi connectivity index (χ1v) is 10.5. The van der Waals surface area contributed by atoms with Crippen molar-refractivity contribution in [1.82, 2.24) is 0 Å². The van der Waals surface area contributed by atoms with Crippen molar-refractivity contribution in [2.24, 2.45) is 17.8 Å². The van der Waals surface area contributed by atoms with Gasteiger partial charge in [0.25, 0.3) is 5.91 Å². The van der Waals surface area contributed by atoms with E-state index >= 15 is 0 Å². The number of anilines is 2. The molecule has 0 bridgehead atoms. The van der Waals surface area contributed by atoms with E-state index in [-0.39, 0.29) is 29.7 Å². The molecule has 3 N–H and O–H groups in total. The fourth-order valence-corrected chi connectivity index (χ4v) is 5.74. The first-order chi connectivity index (χ1) is 14.3. The van der Waals surface area contributed by atoms with Crippen LogP contribution in [0.15, 0.2) is 42.5 Å². The van der Waals surface area contributed by atoms with Crippen LogP contribution < -0.4 is 15.5 Å². The number of carbonyl (C=O) groups is 3. The van der Waals surface area contributed by atoms with Crippen molar-refractivity contribution in [3.8, 4) is 0 Å². The van der Waals surface area contributed by atoms with Crippen LogP contribution in [0.4, 0.5) is 11.4 Å². The predicted octanol–water partition coefficient (Wildman–Crippen LogP) is 1.86. The second-order valence-corrected chi connectivity index (χ2v) is 9.16. The molecule has 30 heavy (non-hydrogen) atoms. The van der Waals surface area contributed by atoms with Crippen molar-refractivity contribution in [2.45, 2.75) is 39.3 Å². The second-order valence-electron chi connectivity index (χ2n) is 9.16. The molecule has 1 spiro atoms. The topological polar surface area (TPSA) is 83.1 Å². The highest BCUT2D eigenvalue weighted by molar-refractivity contribution is 6.25. The molecule has 2 fully saturated rings. The van der Waals surface area contributed by atoms with E-state index in [0.29, 0.717) is 5.69 Å². The molecule has 0 saturated carbocycles. The Morgan fingerprint density at radius 2 is 1.77 bits per heavy atom. The van der Waals surface area contributed by atoms with Gasteiger partial charge in [-0.15, -0.1) is 0 Å². The van der Waals surface area contributed by atoms with E-state index in [0.717, 1.165) is 22.4 Å². The van der Waals surface area contributed by atoms with Crippen molar-refractivity contribution in [3.63, 3.8) is 0 Å². The molecule has 6 nitrogen and oxygen atoms in total. The molecule has 3 aliphatic heterocycles. The minimum atomic E-state index is -1.10. The van der Waals surface area contributed by atoms with E-state index in [1.165, 1.54) is 4.90 Å². The number of hydrogen-bond acceptors (Lipinski definition) is 3. The third kappa shape index (κ3) is 2.25. The van der Waals surface area contributed by atoms with Gasteiger partial charge < -0.3 is 10.6 Å². The van der Waals surface area contributed by atoms with E-state index in [4.69, 9.17) is 0 Å².